The van der Waals surface area contributed by atoms with Crippen LogP contribution in [-0.4, -0.2) is 44.3 Å². The minimum Gasteiger partial charge on any atom is -0.494 e. The highest BCUT2D eigenvalue weighted by molar-refractivity contribution is 6.39. The zero-order valence-corrected chi connectivity index (χ0v) is 21.7. The standard InChI is InChI=1S/C28H30N4O6/c1-5-37-22-14-12-21(13-15-22)30-24(33)17-38-26-20(10-7-11-23(26)36-4)16-29-32-28(35)27(34)31-25-18(2)8-6-9-19(25)3/h6-16H,5,17H2,1-4H3,(H,30,33)(H,31,34)(H,32,35)/b29-16-. The number of nitrogens with zero attached hydrogens (tertiary/aromatic N) is 1. The van der Waals surface area contributed by atoms with E-state index in [0.717, 1.165) is 11.1 Å². The van der Waals surface area contributed by atoms with Gasteiger partial charge in [0.15, 0.2) is 18.1 Å². The van der Waals surface area contributed by atoms with Gasteiger partial charge < -0.3 is 24.8 Å². The molecule has 0 atom stereocenters. The lowest BCUT2D eigenvalue weighted by atomic mass is 10.1. The second-order valence-corrected chi connectivity index (χ2v) is 8.09. The first-order valence-corrected chi connectivity index (χ1v) is 11.9. The number of ether oxygens (including phenoxy) is 3. The van der Waals surface area contributed by atoms with Crippen molar-refractivity contribution in [1.29, 1.82) is 0 Å². The summed E-state index contributed by atoms with van der Waals surface area (Å²) in [5.41, 5.74) is 5.45. The van der Waals surface area contributed by atoms with Gasteiger partial charge in [-0.2, -0.15) is 5.10 Å². The first-order chi connectivity index (χ1) is 18.3. The molecule has 0 aliphatic rings. The molecule has 0 saturated carbocycles. The molecule has 3 N–H and O–H groups in total. The Hall–Kier alpha value is -4.86. The lowest BCUT2D eigenvalue weighted by Gasteiger charge is -2.13. The van der Waals surface area contributed by atoms with Crippen LogP contribution < -0.4 is 30.3 Å². The van der Waals surface area contributed by atoms with Gasteiger partial charge in [-0.3, -0.25) is 14.4 Å². The Bertz CT molecular complexity index is 1300. The number of carbonyl (C=O) groups is 3. The summed E-state index contributed by atoms with van der Waals surface area (Å²) in [6.45, 7) is 5.80. The molecule has 0 radical (unpaired) electrons. The summed E-state index contributed by atoms with van der Waals surface area (Å²) in [6, 6.07) is 17.5. The molecule has 0 aliphatic heterocycles. The van der Waals surface area contributed by atoms with E-state index in [0.29, 0.717) is 35.0 Å². The number of carbonyl (C=O) groups excluding carboxylic acids is 3. The zero-order chi connectivity index (χ0) is 27.5. The fraction of sp³-hybridized carbons (Fsp3) is 0.214. The molecule has 0 saturated heterocycles. The van der Waals surface area contributed by atoms with Gasteiger partial charge in [-0.05, 0) is 68.3 Å². The van der Waals surface area contributed by atoms with Crippen LogP contribution in [-0.2, 0) is 14.4 Å². The number of nitrogens with one attached hydrogen (secondary N) is 3. The van der Waals surface area contributed by atoms with E-state index in [-0.39, 0.29) is 18.3 Å². The Morgan fingerprint density at radius 1 is 0.868 bits per heavy atom. The SMILES string of the molecule is CCOc1ccc(NC(=O)COc2c(/C=N\NC(=O)C(=O)Nc3c(C)cccc3C)cccc2OC)cc1. The summed E-state index contributed by atoms with van der Waals surface area (Å²) >= 11 is 0. The van der Waals surface area contributed by atoms with Crippen LogP contribution in [0.15, 0.2) is 65.8 Å². The van der Waals surface area contributed by atoms with Gasteiger partial charge in [0, 0.05) is 16.9 Å². The van der Waals surface area contributed by atoms with Gasteiger partial charge in [-0.1, -0.05) is 24.3 Å². The van der Waals surface area contributed by atoms with Crippen LogP contribution in [0.25, 0.3) is 0 Å². The molecule has 198 valence electrons. The molecule has 3 rings (SSSR count). The van der Waals surface area contributed by atoms with E-state index < -0.39 is 11.8 Å². The maximum atomic E-state index is 12.4. The number of hydrogen-bond donors (Lipinski definition) is 3. The maximum Gasteiger partial charge on any atom is 0.329 e. The van der Waals surface area contributed by atoms with Crippen LogP contribution in [0.4, 0.5) is 11.4 Å². The summed E-state index contributed by atoms with van der Waals surface area (Å²) in [5.74, 6) is -0.873. The Kier molecular flexibility index (Phi) is 9.81. The van der Waals surface area contributed by atoms with E-state index in [1.165, 1.54) is 13.3 Å². The molecule has 10 nitrogen and oxygen atoms in total. The van der Waals surface area contributed by atoms with Gasteiger partial charge >= 0.3 is 11.8 Å². The summed E-state index contributed by atoms with van der Waals surface area (Å²) in [4.78, 5) is 37.0. The Labute approximate surface area is 221 Å². The number of para-hydroxylation sites is 2. The van der Waals surface area contributed by atoms with Crippen molar-refractivity contribution >= 4 is 35.3 Å². The highest BCUT2D eigenvalue weighted by atomic mass is 16.5. The molecule has 0 fully saturated rings. The Morgan fingerprint density at radius 2 is 1.55 bits per heavy atom. The van der Waals surface area contributed by atoms with Crippen molar-refractivity contribution < 1.29 is 28.6 Å². The van der Waals surface area contributed by atoms with Gasteiger partial charge in [-0.25, -0.2) is 5.43 Å². The van der Waals surface area contributed by atoms with Gasteiger partial charge in [-0.15, -0.1) is 0 Å². The third-order valence-electron chi connectivity index (χ3n) is 5.32. The molecule has 0 bridgehead atoms. The van der Waals surface area contributed by atoms with E-state index in [9.17, 15) is 14.4 Å². The fourth-order valence-corrected chi connectivity index (χ4v) is 3.48. The average molecular weight is 519 g/mol. The summed E-state index contributed by atoms with van der Waals surface area (Å²) in [7, 11) is 1.46. The lowest BCUT2D eigenvalue weighted by molar-refractivity contribution is -0.136. The van der Waals surface area contributed by atoms with Crippen molar-refractivity contribution in [3.05, 3.63) is 77.4 Å². The normalized spacial score (nSPS) is 10.5. The monoisotopic (exact) mass is 518 g/mol. The molecule has 10 heteroatoms. The molecule has 3 amide bonds. The van der Waals surface area contributed by atoms with Crippen molar-refractivity contribution in [1.82, 2.24) is 5.43 Å². The number of methoxy groups -OCH3 is 1. The van der Waals surface area contributed by atoms with E-state index in [1.807, 2.05) is 39.0 Å². The fourth-order valence-electron chi connectivity index (χ4n) is 3.48. The molecule has 0 aliphatic carbocycles. The van der Waals surface area contributed by atoms with Crippen LogP contribution in [0, 0.1) is 13.8 Å². The van der Waals surface area contributed by atoms with Crippen LogP contribution in [0.3, 0.4) is 0 Å². The molecule has 38 heavy (non-hydrogen) atoms. The maximum absolute atomic E-state index is 12.4. The lowest BCUT2D eigenvalue weighted by Crippen LogP contribution is -2.32. The smallest absolute Gasteiger partial charge is 0.329 e. The van der Waals surface area contributed by atoms with Gasteiger partial charge in [0.1, 0.15) is 5.75 Å². The highest BCUT2D eigenvalue weighted by Crippen LogP contribution is 2.30. The summed E-state index contributed by atoms with van der Waals surface area (Å²) in [6.07, 6.45) is 1.30. The van der Waals surface area contributed by atoms with Crippen molar-refractivity contribution in [3.63, 3.8) is 0 Å². The van der Waals surface area contributed by atoms with Crippen molar-refractivity contribution in [2.24, 2.45) is 5.10 Å². The van der Waals surface area contributed by atoms with Gasteiger partial charge in [0.2, 0.25) is 0 Å². The van der Waals surface area contributed by atoms with Crippen molar-refractivity contribution in [2.45, 2.75) is 20.8 Å². The van der Waals surface area contributed by atoms with Crippen LogP contribution in [0.5, 0.6) is 17.2 Å². The predicted octanol–water partition coefficient (Wildman–Crippen LogP) is 3.82. The Morgan fingerprint density at radius 3 is 2.21 bits per heavy atom. The average Bonchev–Trinajstić information content (AvgIpc) is 2.91. The molecule has 3 aromatic carbocycles. The number of anilines is 2. The number of hydrogen-bond acceptors (Lipinski definition) is 7. The molecular formula is C28H30N4O6. The first kappa shape index (κ1) is 27.7. The minimum absolute atomic E-state index is 0.245. The third-order valence-corrected chi connectivity index (χ3v) is 5.32. The first-order valence-electron chi connectivity index (χ1n) is 11.9. The largest absolute Gasteiger partial charge is 0.494 e. The van der Waals surface area contributed by atoms with Gasteiger partial charge in [0.25, 0.3) is 5.91 Å². The number of rotatable bonds is 10. The molecule has 0 aromatic heterocycles. The topological polar surface area (TPSA) is 127 Å². The number of benzene rings is 3. The predicted molar refractivity (Wildman–Crippen MR) is 145 cm³/mol. The third kappa shape index (κ3) is 7.57. The number of aryl methyl sites for hydroxylation is 2. The minimum atomic E-state index is -0.941. The van der Waals surface area contributed by atoms with E-state index in [2.05, 4.69) is 21.2 Å². The second-order valence-electron chi connectivity index (χ2n) is 8.09. The summed E-state index contributed by atoms with van der Waals surface area (Å²) in [5, 5.41) is 9.21. The Balaban J connectivity index is 1.61. The molecule has 0 unspecified atom stereocenters. The van der Waals surface area contributed by atoms with E-state index in [4.69, 9.17) is 14.2 Å². The van der Waals surface area contributed by atoms with E-state index >= 15 is 0 Å². The highest BCUT2D eigenvalue weighted by Gasteiger charge is 2.16. The number of hydrazone groups is 1. The van der Waals surface area contributed by atoms with Crippen LogP contribution >= 0.6 is 0 Å². The van der Waals surface area contributed by atoms with Crippen LogP contribution in [0.1, 0.15) is 23.6 Å². The van der Waals surface area contributed by atoms with E-state index in [1.54, 1.807) is 42.5 Å². The second kappa shape index (κ2) is 13.4. The quantitative estimate of drug-likeness (QED) is 0.213. The molecular weight excluding hydrogens is 488 g/mol. The molecule has 0 spiro atoms. The van der Waals surface area contributed by atoms with Crippen molar-refractivity contribution in [3.8, 4) is 17.2 Å². The molecule has 0 heterocycles. The zero-order valence-electron chi connectivity index (χ0n) is 21.7. The summed E-state index contributed by atoms with van der Waals surface area (Å²) < 4.78 is 16.5. The number of amides is 3. The van der Waals surface area contributed by atoms with Crippen LogP contribution in [0.2, 0.25) is 0 Å². The van der Waals surface area contributed by atoms with Crippen molar-refractivity contribution in [2.75, 3.05) is 31.0 Å². The molecule has 3 aromatic rings. The van der Waals surface area contributed by atoms with Gasteiger partial charge in [0.05, 0.1) is 19.9 Å².